The van der Waals surface area contributed by atoms with Crippen LogP contribution >= 0.6 is 0 Å². The van der Waals surface area contributed by atoms with Gasteiger partial charge in [-0.05, 0) is 5.41 Å². The summed E-state index contributed by atoms with van der Waals surface area (Å²) in [5.41, 5.74) is 1.88. The number of hydrogen-bond donors (Lipinski definition) is 0. The topological polar surface area (TPSA) is 0 Å². The number of hydrogen-bond acceptors (Lipinski definition) is 0. The third-order valence-electron chi connectivity index (χ3n) is 2.02. The van der Waals surface area contributed by atoms with Crippen LogP contribution in [0.3, 0.4) is 0 Å². The van der Waals surface area contributed by atoms with E-state index in [1.807, 2.05) is 30.3 Å². The Labute approximate surface area is 119 Å². The maximum Gasteiger partial charge on any atom is 2.00 e. The van der Waals surface area contributed by atoms with E-state index in [0.29, 0.717) is 5.41 Å². The molecule has 0 amide bonds. The third-order valence-corrected chi connectivity index (χ3v) is 2.02. The molecule has 0 aliphatic carbocycles. The summed E-state index contributed by atoms with van der Waals surface area (Å²) >= 11 is 0. The Bertz CT molecular complexity index is 305. The van der Waals surface area contributed by atoms with Crippen LogP contribution in [-0.4, -0.2) is 0 Å². The second-order valence-electron chi connectivity index (χ2n) is 4.99. The van der Waals surface area contributed by atoms with Gasteiger partial charge in [-0.25, -0.2) is 24.3 Å². The van der Waals surface area contributed by atoms with Crippen LogP contribution in [0.2, 0.25) is 0 Å². The van der Waals surface area contributed by atoms with Crippen molar-refractivity contribution in [3.8, 4) is 0 Å². The molecule has 0 aromatic heterocycles. The zero-order chi connectivity index (χ0) is 11.1. The molecule has 0 heterocycles. The Morgan fingerprint density at radius 3 is 1.75 bits per heavy atom. The molecule has 1 heteroatoms. The molecule has 84 valence electrons. The molecule has 0 spiro atoms. The first-order valence-electron chi connectivity index (χ1n) is 5.45. The van der Waals surface area contributed by atoms with Crippen LogP contribution < -0.4 is 0 Å². The Morgan fingerprint density at radius 2 is 1.44 bits per heavy atom. The normalized spacial score (nSPS) is 9.94. The van der Waals surface area contributed by atoms with Crippen molar-refractivity contribution in [2.75, 3.05) is 0 Å². The average molecular weight is 292 g/mol. The van der Waals surface area contributed by atoms with Crippen LogP contribution in [0.1, 0.15) is 26.3 Å². The molecule has 0 nitrogen and oxygen atoms in total. The maximum atomic E-state index is 2.26. The summed E-state index contributed by atoms with van der Waals surface area (Å²) in [6, 6.07) is 18.6. The molecule has 0 saturated carbocycles. The Morgan fingerprint density at radius 1 is 0.938 bits per heavy atom. The zero-order valence-corrected chi connectivity index (χ0v) is 12.9. The molecule has 16 heavy (non-hydrogen) atoms. The van der Waals surface area contributed by atoms with E-state index in [4.69, 9.17) is 0 Å². The maximum absolute atomic E-state index is 2.26. The predicted molar refractivity (Wildman–Crippen MR) is 67.2 cm³/mol. The molecule has 2 aromatic carbocycles. The molecular formula is C15H20Zr. The van der Waals surface area contributed by atoms with E-state index in [2.05, 4.69) is 45.0 Å². The van der Waals surface area contributed by atoms with Gasteiger partial charge >= 0.3 is 26.2 Å². The number of rotatable bonds is 1. The molecule has 0 unspecified atom stereocenters. The first-order chi connectivity index (χ1) is 7.08. The van der Waals surface area contributed by atoms with Gasteiger partial charge in [0.15, 0.2) is 0 Å². The molecular weight excluding hydrogens is 271 g/mol. The van der Waals surface area contributed by atoms with Crippen molar-refractivity contribution in [3.63, 3.8) is 0 Å². The fraction of sp³-hybridized carbons (Fsp3) is 0.333. The van der Waals surface area contributed by atoms with Gasteiger partial charge in [-0.15, -0.1) is 0 Å². The zero-order valence-electron chi connectivity index (χ0n) is 10.4. The fourth-order valence-corrected chi connectivity index (χ4v) is 1.46. The van der Waals surface area contributed by atoms with Crippen molar-refractivity contribution in [3.05, 3.63) is 60.2 Å². The molecule has 0 aliphatic rings. The van der Waals surface area contributed by atoms with Gasteiger partial charge in [-0.2, -0.15) is 35.9 Å². The molecule has 0 atom stereocenters. The summed E-state index contributed by atoms with van der Waals surface area (Å²) in [6.45, 7) is 6.79. The van der Waals surface area contributed by atoms with Crippen LogP contribution in [0, 0.1) is 5.41 Å². The second kappa shape index (κ2) is 7.79. The van der Waals surface area contributed by atoms with E-state index in [1.165, 1.54) is 12.0 Å². The summed E-state index contributed by atoms with van der Waals surface area (Å²) in [5.74, 6) is 0. The molecule has 2 rings (SSSR count). The average Bonchev–Trinajstić information content (AvgIpc) is 2.71. The summed E-state index contributed by atoms with van der Waals surface area (Å²) < 4.78 is 0. The van der Waals surface area contributed by atoms with Gasteiger partial charge < -0.3 is 0 Å². The Kier molecular flexibility index (Phi) is 7.59. The SMILES string of the molecule is CC(C)(C)C[c-]1cccc1.[Zr+2].c1cc[cH-]c1. The van der Waals surface area contributed by atoms with Crippen molar-refractivity contribution in [1.29, 1.82) is 0 Å². The van der Waals surface area contributed by atoms with Gasteiger partial charge in [0, 0.05) is 0 Å². The molecule has 0 bridgehead atoms. The Balaban J connectivity index is 0.000000318. The van der Waals surface area contributed by atoms with Crippen LogP contribution in [0.4, 0.5) is 0 Å². The second-order valence-corrected chi connectivity index (χ2v) is 4.99. The molecule has 0 aliphatic heterocycles. The molecule has 0 saturated heterocycles. The van der Waals surface area contributed by atoms with E-state index < -0.39 is 0 Å². The standard InChI is InChI=1S/C10H15.C5H5.Zr/c1-10(2,3)8-9-6-4-5-7-9;1-2-4-5-3-1;/h4-7H,8H2,1-3H3;1-5H;/q2*-1;+2. The summed E-state index contributed by atoms with van der Waals surface area (Å²) in [6.07, 6.45) is 1.18. The van der Waals surface area contributed by atoms with Crippen molar-refractivity contribution in [2.24, 2.45) is 5.41 Å². The van der Waals surface area contributed by atoms with Crippen LogP contribution in [0.15, 0.2) is 54.6 Å². The van der Waals surface area contributed by atoms with E-state index in [-0.39, 0.29) is 26.2 Å². The molecule has 2 aromatic rings. The summed E-state index contributed by atoms with van der Waals surface area (Å²) in [4.78, 5) is 0. The van der Waals surface area contributed by atoms with Crippen molar-refractivity contribution in [1.82, 2.24) is 0 Å². The van der Waals surface area contributed by atoms with Crippen LogP contribution in [0.25, 0.3) is 0 Å². The van der Waals surface area contributed by atoms with Gasteiger partial charge in [-0.3, -0.25) is 0 Å². The fourth-order valence-electron chi connectivity index (χ4n) is 1.46. The third kappa shape index (κ3) is 7.82. The minimum absolute atomic E-state index is 0. The van der Waals surface area contributed by atoms with Gasteiger partial charge in [0.2, 0.25) is 0 Å². The van der Waals surface area contributed by atoms with Crippen LogP contribution in [0.5, 0.6) is 0 Å². The molecule has 0 N–H and O–H groups in total. The van der Waals surface area contributed by atoms with Gasteiger partial charge in [0.25, 0.3) is 0 Å². The smallest absolute Gasteiger partial charge is 0.214 e. The van der Waals surface area contributed by atoms with Crippen molar-refractivity contribution >= 4 is 0 Å². The van der Waals surface area contributed by atoms with E-state index in [0.717, 1.165) is 0 Å². The van der Waals surface area contributed by atoms with Crippen molar-refractivity contribution < 1.29 is 26.2 Å². The van der Waals surface area contributed by atoms with Crippen molar-refractivity contribution in [2.45, 2.75) is 27.2 Å². The van der Waals surface area contributed by atoms with Gasteiger partial charge in [0.1, 0.15) is 0 Å². The minimum atomic E-state index is 0. The largest absolute Gasteiger partial charge is 2.00 e. The monoisotopic (exact) mass is 290 g/mol. The predicted octanol–water partition coefficient (Wildman–Crippen LogP) is 4.40. The van der Waals surface area contributed by atoms with E-state index in [9.17, 15) is 0 Å². The molecule has 0 radical (unpaired) electrons. The van der Waals surface area contributed by atoms with E-state index in [1.54, 1.807) is 0 Å². The molecule has 0 fully saturated rings. The summed E-state index contributed by atoms with van der Waals surface area (Å²) in [5, 5.41) is 0. The quantitative estimate of drug-likeness (QED) is 0.683. The first-order valence-corrected chi connectivity index (χ1v) is 5.45. The van der Waals surface area contributed by atoms with Gasteiger partial charge in [0.05, 0.1) is 0 Å². The first kappa shape index (κ1) is 15.6. The summed E-state index contributed by atoms with van der Waals surface area (Å²) in [7, 11) is 0. The Hall–Kier alpha value is -0.417. The van der Waals surface area contributed by atoms with E-state index >= 15 is 0 Å². The minimum Gasteiger partial charge on any atom is -0.214 e. The van der Waals surface area contributed by atoms with Crippen LogP contribution in [-0.2, 0) is 32.6 Å². The van der Waals surface area contributed by atoms with Gasteiger partial charge in [-0.1, -0.05) is 27.2 Å².